The summed E-state index contributed by atoms with van der Waals surface area (Å²) in [6, 6.07) is 3.78. The first kappa shape index (κ1) is 18.1. The smallest absolute Gasteiger partial charge is 0.154 e. The lowest BCUT2D eigenvalue weighted by Crippen LogP contribution is -2.45. The average molecular weight is 376 g/mol. The molecule has 2 aromatic rings. The zero-order valence-corrected chi connectivity index (χ0v) is 15.1. The summed E-state index contributed by atoms with van der Waals surface area (Å²) >= 11 is 0. The lowest BCUT2D eigenvalue weighted by molar-refractivity contribution is 0.110. The van der Waals surface area contributed by atoms with E-state index >= 15 is 0 Å². The molecule has 2 N–H and O–H groups in total. The van der Waals surface area contributed by atoms with Crippen LogP contribution in [-0.2, 0) is 17.8 Å². The van der Waals surface area contributed by atoms with E-state index in [1.54, 1.807) is 0 Å². The quantitative estimate of drug-likeness (QED) is 0.858. The summed E-state index contributed by atoms with van der Waals surface area (Å²) in [5.74, 6) is -0.0997. The SMILES string of the molecule is CN1C[C@H](F)C[C@@H](Nc2nnc(-c3ccc(F)cc3O)c3c2COCC3)C1. The highest BCUT2D eigenvalue weighted by molar-refractivity contribution is 5.72. The van der Waals surface area contributed by atoms with Crippen LogP contribution in [0.1, 0.15) is 17.5 Å². The van der Waals surface area contributed by atoms with Gasteiger partial charge in [0.25, 0.3) is 0 Å². The number of alkyl halides is 1. The number of halogens is 2. The number of anilines is 1. The first-order valence-electron chi connectivity index (χ1n) is 9.05. The maximum Gasteiger partial charge on any atom is 0.154 e. The maximum atomic E-state index is 13.9. The van der Waals surface area contributed by atoms with Crippen LogP contribution in [0.3, 0.4) is 0 Å². The zero-order valence-electron chi connectivity index (χ0n) is 15.1. The first-order valence-corrected chi connectivity index (χ1v) is 9.05. The fourth-order valence-corrected chi connectivity index (χ4v) is 3.86. The van der Waals surface area contributed by atoms with E-state index in [1.165, 1.54) is 12.1 Å². The Balaban J connectivity index is 1.69. The van der Waals surface area contributed by atoms with Crippen LogP contribution in [0, 0.1) is 5.82 Å². The molecular weight excluding hydrogens is 354 g/mol. The average Bonchev–Trinajstić information content (AvgIpc) is 2.62. The molecule has 4 rings (SSSR count). The maximum absolute atomic E-state index is 13.9. The van der Waals surface area contributed by atoms with Crippen LogP contribution in [-0.4, -0.2) is 59.2 Å². The summed E-state index contributed by atoms with van der Waals surface area (Å²) in [4.78, 5) is 1.95. The predicted molar refractivity (Wildman–Crippen MR) is 96.9 cm³/mol. The number of rotatable bonds is 3. The van der Waals surface area contributed by atoms with E-state index < -0.39 is 12.0 Å². The summed E-state index contributed by atoms with van der Waals surface area (Å²) in [7, 11) is 1.89. The van der Waals surface area contributed by atoms with Crippen LogP contribution in [0.25, 0.3) is 11.3 Å². The molecule has 0 spiro atoms. The number of ether oxygens (including phenoxy) is 1. The largest absolute Gasteiger partial charge is 0.507 e. The summed E-state index contributed by atoms with van der Waals surface area (Å²) in [5, 5.41) is 22.0. The summed E-state index contributed by atoms with van der Waals surface area (Å²) in [5.41, 5.74) is 2.75. The molecule has 2 atom stereocenters. The molecule has 8 heteroatoms. The van der Waals surface area contributed by atoms with Gasteiger partial charge in [0.15, 0.2) is 5.82 Å². The first-order chi connectivity index (χ1) is 13.0. The molecule has 1 saturated heterocycles. The standard InChI is InChI=1S/C19H22F2N4O2/c1-25-8-12(21)6-13(9-25)22-19-16-10-27-5-4-14(16)18(23-24-19)15-3-2-11(20)7-17(15)26/h2-3,7,12-13,26H,4-6,8-10H2,1H3,(H,22,24)/t12-,13-/m1/s1. The van der Waals surface area contributed by atoms with Gasteiger partial charge in [0, 0.05) is 42.7 Å². The van der Waals surface area contributed by atoms with Crippen LogP contribution in [0.4, 0.5) is 14.6 Å². The number of piperidine rings is 1. The van der Waals surface area contributed by atoms with E-state index in [2.05, 4.69) is 15.5 Å². The fraction of sp³-hybridized carbons (Fsp3) is 0.474. The predicted octanol–water partition coefficient (Wildman–Crippen LogP) is 2.52. The minimum absolute atomic E-state index is 0.0656. The number of nitrogens with one attached hydrogen (secondary N) is 1. The Morgan fingerprint density at radius 1 is 1.26 bits per heavy atom. The van der Waals surface area contributed by atoms with Crippen molar-refractivity contribution in [1.82, 2.24) is 15.1 Å². The molecule has 1 aromatic carbocycles. The highest BCUT2D eigenvalue weighted by Gasteiger charge is 2.28. The Bertz CT molecular complexity index is 839. The topological polar surface area (TPSA) is 70.5 Å². The van der Waals surface area contributed by atoms with Gasteiger partial charge in [-0.05, 0) is 31.2 Å². The van der Waals surface area contributed by atoms with Gasteiger partial charge >= 0.3 is 0 Å². The number of phenols is 1. The molecule has 144 valence electrons. The van der Waals surface area contributed by atoms with Gasteiger partial charge in [-0.25, -0.2) is 8.78 Å². The Labute approximate surface area is 156 Å². The normalized spacial score (nSPS) is 23.1. The molecule has 27 heavy (non-hydrogen) atoms. The zero-order chi connectivity index (χ0) is 19.0. The molecule has 0 radical (unpaired) electrons. The van der Waals surface area contributed by atoms with Gasteiger partial charge in [-0.1, -0.05) is 0 Å². The number of hydrogen-bond donors (Lipinski definition) is 2. The molecule has 0 amide bonds. The van der Waals surface area contributed by atoms with E-state index in [4.69, 9.17) is 4.74 Å². The molecule has 0 unspecified atom stereocenters. The summed E-state index contributed by atoms with van der Waals surface area (Å²) < 4.78 is 32.8. The van der Waals surface area contributed by atoms with Crippen molar-refractivity contribution in [3.63, 3.8) is 0 Å². The second kappa shape index (κ2) is 7.36. The second-order valence-corrected chi connectivity index (χ2v) is 7.21. The Kier molecular flexibility index (Phi) is 4.92. The molecule has 1 aromatic heterocycles. The monoisotopic (exact) mass is 376 g/mol. The van der Waals surface area contributed by atoms with Crippen LogP contribution < -0.4 is 5.32 Å². The molecule has 0 aliphatic carbocycles. The van der Waals surface area contributed by atoms with E-state index in [9.17, 15) is 13.9 Å². The van der Waals surface area contributed by atoms with Crippen LogP contribution >= 0.6 is 0 Å². The number of likely N-dealkylation sites (tertiary alicyclic amines) is 1. The van der Waals surface area contributed by atoms with Crippen LogP contribution in [0.15, 0.2) is 18.2 Å². The molecule has 6 nitrogen and oxygen atoms in total. The molecule has 2 aliphatic heterocycles. The van der Waals surface area contributed by atoms with Crippen molar-refractivity contribution in [3.05, 3.63) is 35.1 Å². The number of likely N-dealkylation sites (N-methyl/N-ethyl adjacent to an activating group) is 1. The number of benzene rings is 1. The minimum Gasteiger partial charge on any atom is -0.507 e. The molecule has 3 heterocycles. The third-order valence-corrected chi connectivity index (χ3v) is 5.07. The number of fused-ring (bicyclic) bond motifs is 1. The summed E-state index contributed by atoms with van der Waals surface area (Å²) in [6.07, 6.45) is 0.154. The van der Waals surface area contributed by atoms with Gasteiger partial charge in [0.05, 0.1) is 13.2 Å². The number of phenolic OH excluding ortho intramolecular Hbond substituents is 1. The molecule has 0 bridgehead atoms. The summed E-state index contributed by atoms with van der Waals surface area (Å²) in [6.45, 7) is 2.06. The van der Waals surface area contributed by atoms with Crippen molar-refractivity contribution in [2.24, 2.45) is 0 Å². The number of aromatic hydroxyl groups is 1. The van der Waals surface area contributed by atoms with Crippen molar-refractivity contribution in [2.45, 2.75) is 31.7 Å². The molecule has 1 fully saturated rings. The van der Waals surface area contributed by atoms with Gasteiger partial charge in [-0.3, -0.25) is 0 Å². The lowest BCUT2D eigenvalue weighted by atomic mass is 9.97. The van der Waals surface area contributed by atoms with Gasteiger partial charge in [-0.2, -0.15) is 0 Å². The fourth-order valence-electron chi connectivity index (χ4n) is 3.86. The Morgan fingerprint density at radius 3 is 2.89 bits per heavy atom. The lowest BCUT2D eigenvalue weighted by Gasteiger charge is -2.33. The van der Waals surface area contributed by atoms with Gasteiger partial charge in [-0.15, -0.1) is 10.2 Å². The van der Waals surface area contributed by atoms with Crippen LogP contribution in [0.2, 0.25) is 0 Å². The van der Waals surface area contributed by atoms with Crippen molar-refractivity contribution in [1.29, 1.82) is 0 Å². The Hall–Kier alpha value is -2.32. The minimum atomic E-state index is -0.878. The van der Waals surface area contributed by atoms with E-state index in [-0.39, 0.29) is 11.8 Å². The second-order valence-electron chi connectivity index (χ2n) is 7.21. The van der Waals surface area contributed by atoms with Crippen molar-refractivity contribution >= 4 is 5.82 Å². The molecular formula is C19H22F2N4O2. The molecule has 0 saturated carbocycles. The molecule has 2 aliphatic rings. The van der Waals surface area contributed by atoms with Crippen molar-refractivity contribution in [2.75, 3.05) is 32.1 Å². The Morgan fingerprint density at radius 2 is 2.11 bits per heavy atom. The highest BCUT2D eigenvalue weighted by atomic mass is 19.1. The van der Waals surface area contributed by atoms with Crippen LogP contribution in [0.5, 0.6) is 5.75 Å². The highest BCUT2D eigenvalue weighted by Crippen LogP contribution is 2.35. The van der Waals surface area contributed by atoms with Gasteiger partial charge in [0.2, 0.25) is 0 Å². The number of hydrogen-bond acceptors (Lipinski definition) is 6. The van der Waals surface area contributed by atoms with Gasteiger partial charge < -0.3 is 20.1 Å². The van der Waals surface area contributed by atoms with E-state index in [0.717, 1.165) is 23.7 Å². The van der Waals surface area contributed by atoms with Crippen molar-refractivity contribution < 1.29 is 18.6 Å². The number of nitrogens with zero attached hydrogens (tertiary/aromatic N) is 3. The van der Waals surface area contributed by atoms with E-state index in [0.29, 0.717) is 49.7 Å². The van der Waals surface area contributed by atoms with Gasteiger partial charge in [0.1, 0.15) is 23.4 Å². The van der Waals surface area contributed by atoms with Crippen molar-refractivity contribution in [3.8, 4) is 17.0 Å². The van der Waals surface area contributed by atoms with E-state index in [1.807, 2.05) is 11.9 Å². The third kappa shape index (κ3) is 3.72. The number of aromatic nitrogens is 2. The third-order valence-electron chi connectivity index (χ3n) is 5.07.